The van der Waals surface area contributed by atoms with Gasteiger partial charge in [-0.05, 0) is 17.7 Å². The van der Waals surface area contributed by atoms with E-state index in [1.54, 1.807) is 0 Å². The summed E-state index contributed by atoms with van der Waals surface area (Å²) in [6.45, 7) is 0. The van der Waals surface area contributed by atoms with Gasteiger partial charge in [-0.1, -0.05) is 84.6 Å². The first kappa shape index (κ1) is 15.7. The number of hydrogen-bond donors (Lipinski definition) is 1. The van der Waals surface area contributed by atoms with Crippen LogP contribution in [0.15, 0.2) is 90.1 Å². The van der Waals surface area contributed by atoms with Crippen molar-refractivity contribution in [2.75, 3.05) is 0 Å². The van der Waals surface area contributed by atoms with Crippen LogP contribution in [0.4, 0.5) is 0 Å². The number of nitrogens with zero attached hydrogens (tertiary/aromatic N) is 1. The number of thioether (sulfide) groups is 1. The van der Waals surface area contributed by atoms with Crippen LogP contribution in [0, 0.1) is 0 Å². The molecule has 0 fully saturated rings. The summed E-state index contributed by atoms with van der Waals surface area (Å²) in [7, 11) is 0. The molecule has 0 aliphatic carbocycles. The molecule has 0 saturated carbocycles. The first-order valence-corrected chi connectivity index (χ1v) is 8.95. The number of aromatic nitrogens is 2. The number of H-pyrrole nitrogens is 1. The Morgan fingerprint density at radius 1 is 0.840 bits per heavy atom. The smallest absolute Gasteiger partial charge is 0.180 e. The van der Waals surface area contributed by atoms with Crippen molar-refractivity contribution in [2.24, 2.45) is 0 Å². The van der Waals surface area contributed by atoms with Gasteiger partial charge in [0.2, 0.25) is 0 Å². The predicted octanol–water partition coefficient (Wildman–Crippen LogP) is 5.28. The van der Waals surface area contributed by atoms with Crippen molar-refractivity contribution in [3.05, 3.63) is 96.1 Å². The largest absolute Gasteiger partial charge is 0.333 e. The van der Waals surface area contributed by atoms with Crippen molar-refractivity contribution in [3.8, 4) is 0 Å². The predicted molar refractivity (Wildman–Crippen MR) is 102 cm³/mol. The van der Waals surface area contributed by atoms with Gasteiger partial charge in [0.05, 0.1) is 11.0 Å². The second-order valence-electron chi connectivity index (χ2n) is 5.70. The van der Waals surface area contributed by atoms with E-state index in [2.05, 4.69) is 9.97 Å². The monoisotopic (exact) mass is 344 g/mol. The zero-order valence-corrected chi connectivity index (χ0v) is 14.2. The molecule has 4 aromatic rings. The number of Topliss-reactive ketones (excluding diaryl/α,β-unsaturated/α-hetero) is 1. The SMILES string of the molecule is O=C(c1ccccc1)[C@@H](Sc1nc2ccccc2[nH]1)c1ccccc1. The molecule has 0 bridgehead atoms. The van der Waals surface area contributed by atoms with Crippen LogP contribution >= 0.6 is 11.8 Å². The Morgan fingerprint density at radius 2 is 1.48 bits per heavy atom. The molecule has 1 heterocycles. The lowest BCUT2D eigenvalue weighted by atomic mass is 10.0. The molecule has 3 aromatic carbocycles. The van der Waals surface area contributed by atoms with E-state index in [-0.39, 0.29) is 11.0 Å². The van der Waals surface area contributed by atoms with Crippen molar-refractivity contribution in [3.63, 3.8) is 0 Å². The highest BCUT2D eigenvalue weighted by Gasteiger charge is 2.24. The lowest BCUT2D eigenvalue weighted by molar-refractivity contribution is 0.0989. The highest BCUT2D eigenvalue weighted by Crippen LogP contribution is 2.37. The van der Waals surface area contributed by atoms with E-state index >= 15 is 0 Å². The quantitative estimate of drug-likeness (QED) is 0.396. The summed E-state index contributed by atoms with van der Waals surface area (Å²) in [5.41, 5.74) is 3.56. The molecule has 4 heteroatoms. The number of imidazole rings is 1. The molecule has 0 amide bonds. The van der Waals surface area contributed by atoms with E-state index in [4.69, 9.17) is 0 Å². The molecule has 122 valence electrons. The van der Waals surface area contributed by atoms with Gasteiger partial charge in [0.1, 0.15) is 5.25 Å². The zero-order chi connectivity index (χ0) is 17.1. The van der Waals surface area contributed by atoms with E-state index in [0.717, 1.165) is 21.8 Å². The summed E-state index contributed by atoms with van der Waals surface area (Å²) in [4.78, 5) is 21.0. The topological polar surface area (TPSA) is 45.8 Å². The third-order valence-corrected chi connectivity index (χ3v) is 5.13. The Morgan fingerprint density at radius 3 is 2.20 bits per heavy atom. The Balaban J connectivity index is 1.71. The number of para-hydroxylation sites is 2. The summed E-state index contributed by atoms with van der Waals surface area (Å²) in [6, 6.07) is 27.1. The number of ketones is 1. The Kier molecular flexibility index (Phi) is 4.36. The minimum Gasteiger partial charge on any atom is -0.333 e. The standard InChI is InChI=1S/C21H16N2OS/c24-19(15-9-3-1-4-10-15)20(16-11-5-2-6-12-16)25-21-22-17-13-7-8-14-18(17)23-21/h1-14,20H,(H,22,23)/t20-/m0/s1. The number of hydrogen-bond acceptors (Lipinski definition) is 3. The van der Waals surface area contributed by atoms with Crippen molar-refractivity contribution >= 4 is 28.6 Å². The summed E-state index contributed by atoms with van der Waals surface area (Å²) < 4.78 is 0. The molecule has 0 unspecified atom stereocenters. The molecule has 4 rings (SSSR count). The van der Waals surface area contributed by atoms with Gasteiger partial charge in [0, 0.05) is 5.56 Å². The second-order valence-corrected chi connectivity index (χ2v) is 6.79. The van der Waals surface area contributed by atoms with E-state index < -0.39 is 0 Å². The third-order valence-electron chi connectivity index (χ3n) is 4.00. The number of nitrogens with one attached hydrogen (secondary N) is 1. The van der Waals surface area contributed by atoms with Crippen LogP contribution < -0.4 is 0 Å². The maximum absolute atomic E-state index is 13.1. The van der Waals surface area contributed by atoms with Crippen LogP contribution in [0.2, 0.25) is 0 Å². The minimum absolute atomic E-state index is 0.0808. The molecule has 0 aliphatic rings. The Bertz CT molecular complexity index is 963. The van der Waals surface area contributed by atoms with Crippen LogP contribution in [0.1, 0.15) is 21.2 Å². The highest BCUT2D eigenvalue weighted by atomic mass is 32.2. The number of carbonyl (C=O) groups is 1. The van der Waals surface area contributed by atoms with Gasteiger partial charge in [0.15, 0.2) is 10.9 Å². The number of aromatic amines is 1. The maximum atomic E-state index is 13.1. The zero-order valence-electron chi connectivity index (χ0n) is 13.4. The minimum atomic E-state index is -0.343. The van der Waals surface area contributed by atoms with E-state index in [1.807, 2.05) is 84.9 Å². The van der Waals surface area contributed by atoms with Gasteiger partial charge in [-0.15, -0.1) is 0 Å². The first-order chi connectivity index (χ1) is 12.3. The lowest BCUT2D eigenvalue weighted by Gasteiger charge is -2.14. The highest BCUT2D eigenvalue weighted by molar-refractivity contribution is 8.00. The summed E-state index contributed by atoms with van der Waals surface area (Å²) >= 11 is 1.45. The average molecular weight is 344 g/mol. The van der Waals surface area contributed by atoms with E-state index in [9.17, 15) is 4.79 Å². The van der Waals surface area contributed by atoms with Crippen molar-refractivity contribution in [1.29, 1.82) is 0 Å². The number of benzene rings is 3. The van der Waals surface area contributed by atoms with Crippen LogP contribution in [0.5, 0.6) is 0 Å². The molecule has 0 aliphatic heterocycles. The lowest BCUT2D eigenvalue weighted by Crippen LogP contribution is -2.10. The Hall–Kier alpha value is -2.85. The molecule has 1 N–H and O–H groups in total. The molecule has 1 atom stereocenters. The van der Waals surface area contributed by atoms with Gasteiger partial charge in [-0.3, -0.25) is 4.79 Å². The van der Waals surface area contributed by atoms with Crippen LogP contribution in [-0.2, 0) is 0 Å². The normalized spacial score (nSPS) is 12.2. The molecule has 0 spiro atoms. The van der Waals surface area contributed by atoms with Crippen LogP contribution in [0.25, 0.3) is 11.0 Å². The summed E-state index contributed by atoms with van der Waals surface area (Å²) in [6.07, 6.45) is 0. The van der Waals surface area contributed by atoms with Gasteiger partial charge in [-0.25, -0.2) is 4.98 Å². The molecular weight excluding hydrogens is 328 g/mol. The van der Waals surface area contributed by atoms with Crippen molar-refractivity contribution in [2.45, 2.75) is 10.4 Å². The first-order valence-electron chi connectivity index (χ1n) is 8.07. The van der Waals surface area contributed by atoms with Crippen molar-refractivity contribution < 1.29 is 4.79 Å². The Labute approximate surface area is 150 Å². The maximum Gasteiger partial charge on any atom is 0.180 e. The molecule has 1 aromatic heterocycles. The fourth-order valence-corrected chi connectivity index (χ4v) is 3.83. The van der Waals surface area contributed by atoms with Gasteiger partial charge in [-0.2, -0.15) is 0 Å². The second kappa shape index (κ2) is 6.95. The van der Waals surface area contributed by atoms with Gasteiger partial charge in [0.25, 0.3) is 0 Å². The van der Waals surface area contributed by atoms with Crippen LogP contribution in [0.3, 0.4) is 0 Å². The third kappa shape index (κ3) is 3.35. The molecule has 25 heavy (non-hydrogen) atoms. The summed E-state index contributed by atoms with van der Waals surface area (Å²) in [5, 5.41) is 0.406. The van der Waals surface area contributed by atoms with E-state index in [0.29, 0.717) is 5.56 Å². The molecular formula is C21H16N2OS. The van der Waals surface area contributed by atoms with Crippen molar-refractivity contribution in [1.82, 2.24) is 9.97 Å². The average Bonchev–Trinajstić information content (AvgIpc) is 3.09. The number of fused-ring (bicyclic) bond motifs is 1. The fourth-order valence-electron chi connectivity index (χ4n) is 2.75. The number of rotatable bonds is 5. The fraction of sp³-hybridized carbons (Fsp3) is 0.0476. The summed E-state index contributed by atoms with van der Waals surface area (Å²) in [5.74, 6) is 0.0808. The molecule has 0 radical (unpaired) electrons. The number of carbonyl (C=O) groups excluding carboxylic acids is 1. The molecule has 0 saturated heterocycles. The van der Waals surface area contributed by atoms with Gasteiger partial charge < -0.3 is 4.98 Å². The van der Waals surface area contributed by atoms with Gasteiger partial charge >= 0.3 is 0 Å². The molecule has 3 nitrogen and oxygen atoms in total. The van der Waals surface area contributed by atoms with Crippen LogP contribution in [-0.4, -0.2) is 15.8 Å². The van der Waals surface area contributed by atoms with E-state index in [1.165, 1.54) is 11.8 Å².